The van der Waals surface area contributed by atoms with E-state index < -0.39 is 29.2 Å². The van der Waals surface area contributed by atoms with Crippen LogP contribution in [0.4, 0.5) is 4.39 Å². The molecule has 0 saturated heterocycles. The fourth-order valence-corrected chi connectivity index (χ4v) is 2.40. The second-order valence-electron chi connectivity index (χ2n) is 6.19. The number of carbonyl (C=O) groups excluding carboxylic acids is 1. The van der Waals surface area contributed by atoms with Gasteiger partial charge in [0.25, 0.3) is 0 Å². The maximum absolute atomic E-state index is 13.4. The molecule has 0 aromatic heterocycles. The third-order valence-corrected chi connectivity index (χ3v) is 4.00. The predicted octanol–water partition coefficient (Wildman–Crippen LogP) is 2.92. The number of nitrogens with one attached hydrogen (secondary N) is 1. The molecule has 2 aromatic carbocycles. The maximum Gasteiger partial charge on any atom is 0.326 e. The minimum absolute atomic E-state index is 0.182. The summed E-state index contributed by atoms with van der Waals surface area (Å²) >= 11 is 0. The SMILES string of the molecule is CC(C)(C(=O)NC(Cc1ccccc1)C(=O)O)c1cccc(F)c1. The summed E-state index contributed by atoms with van der Waals surface area (Å²) in [4.78, 5) is 24.1. The number of aliphatic carboxylic acids is 1. The zero-order chi connectivity index (χ0) is 17.7. The van der Waals surface area contributed by atoms with Gasteiger partial charge in [0.15, 0.2) is 0 Å². The zero-order valence-electron chi connectivity index (χ0n) is 13.6. The van der Waals surface area contributed by atoms with Crippen molar-refractivity contribution in [1.82, 2.24) is 5.32 Å². The number of hydrogen-bond donors (Lipinski definition) is 2. The summed E-state index contributed by atoms with van der Waals surface area (Å²) < 4.78 is 13.4. The molecule has 0 bridgehead atoms. The summed E-state index contributed by atoms with van der Waals surface area (Å²) in [6.45, 7) is 3.27. The number of hydrogen-bond acceptors (Lipinski definition) is 2. The summed E-state index contributed by atoms with van der Waals surface area (Å²) in [7, 11) is 0. The lowest BCUT2D eigenvalue weighted by atomic mass is 9.83. The van der Waals surface area contributed by atoms with Crippen LogP contribution in [-0.2, 0) is 21.4 Å². The van der Waals surface area contributed by atoms with Gasteiger partial charge in [0.05, 0.1) is 5.41 Å². The maximum atomic E-state index is 13.4. The molecule has 0 aliphatic heterocycles. The Morgan fingerprint density at radius 3 is 2.38 bits per heavy atom. The average molecular weight is 329 g/mol. The molecular formula is C19H20FNO3. The normalized spacial score (nSPS) is 12.5. The fourth-order valence-electron chi connectivity index (χ4n) is 2.40. The second-order valence-corrected chi connectivity index (χ2v) is 6.19. The highest BCUT2D eigenvalue weighted by Gasteiger charge is 2.33. The quantitative estimate of drug-likeness (QED) is 0.856. The molecule has 0 spiro atoms. The van der Waals surface area contributed by atoms with E-state index in [0.717, 1.165) is 5.56 Å². The molecule has 0 aliphatic rings. The monoisotopic (exact) mass is 329 g/mol. The van der Waals surface area contributed by atoms with Crippen LogP contribution in [0.5, 0.6) is 0 Å². The van der Waals surface area contributed by atoms with E-state index in [1.165, 1.54) is 18.2 Å². The number of benzene rings is 2. The minimum Gasteiger partial charge on any atom is -0.480 e. The predicted molar refractivity (Wildman–Crippen MR) is 89.1 cm³/mol. The van der Waals surface area contributed by atoms with Crippen molar-refractivity contribution in [3.05, 3.63) is 71.5 Å². The fraction of sp³-hybridized carbons (Fsp3) is 0.263. The number of halogens is 1. The summed E-state index contributed by atoms with van der Waals surface area (Å²) in [6, 6.07) is 13.8. The Morgan fingerprint density at radius 1 is 1.12 bits per heavy atom. The minimum atomic E-state index is -1.11. The molecule has 0 fully saturated rings. The highest BCUT2D eigenvalue weighted by molar-refractivity contribution is 5.90. The standard InChI is InChI=1S/C19H20FNO3/c1-19(2,14-9-6-10-15(20)12-14)18(24)21-16(17(22)23)11-13-7-4-3-5-8-13/h3-10,12,16H,11H2,1-2H3,(H,21,24)(H,22,23). The Bertz CT molecular complexity index is 728. The van der Waals surface area contributed by atoms with Crippen LogP contribution in [0.25, 0.3) is 0 Å². The molecule has 24 heavy (non-hydrogen) atoms. The summed E-state index contributed by atoms with van der Waals surface area (Å²) in [5.41, 5.74) is 0.254. The van der Waals surface area contributed by atoms with Gasteiger partial charge in [-0.1, -0.05) is 42.5 Å². The van der Waals surface area contributed by atoms with Gasteiger partial charge in [0.1, 0.15) is 11.9 Å². The smallest absolute Gasteiger partial charge is 0.326 e. The van der Waals surface area contributed by atoms with Gasteiger partial charge in [-0.3, -0.25) is 4.79 Å². The van der Waals surface area contributed by atoms with Crippen LogP contribution >= 0.6 is 0 Å². The van der Waals surface area contributed by atoms with Crippen molar-refractivity contribution in [2.45, 2.75) is 31.7 Å². The molecule has 1 unspecified atom stereocenters. The average Bonchev–Trinajstić information content (AvgIpc) is 2.55. The van der Waals surface area contributed by atoms with Crippen molar-refractivity contribution in [3.8, 4) is 0 Å². The van der Waals surface area contributed by atoms with Crippen LogP contribution in [0.2, 0.25) is 0 Å². The second kappa shape index (κ2) is 7.25. The third kappa shape index (κ3) is 4.19. The summed E-state index contributed by atoms with van der Waals surface area (Å²) in [6.07, 6.45) is 0.182. The van der Waals surface area contributed by atoms with Gasteiger partial charge in [0, 0.05) is 6.42 Å². The van der Waals surface area contributed by atoms with Crippen molar-refractivity contribution in [2.24, 2.45) is 0 Å². The molecule has 0 aliphatic carbocycles. The Morgan fingerprint density at radius 2 is 1.79 bits per heavy atom. The van der Waals surface area contributed by atoms with Crippen LogP contribution in [0.15, 0.2) is 54.6 Å². The molecule has 2 aromatic rings. The van der Waals surface area contributed by atoms with E-state index in [-0.39, 0.29) is 6.42 Å². The number of carbonyl (C=O) groups is 2. The van der Waals surface area contributed by atoms with E-state index in [0.29, 0.717) is 5.56 Å². The van der Waals surface area contributed by atoms with Crippen LogP contribution in [-0.4, -0.2) is 23.0 Å². The van der Waals surface area contributed by atoms with Crippen molar-refractivity contribution < 1.29 is 19.1 Å². The van der Waals surface area contributed by atoms with E-state index in [9.17, 15) is 19.1 Å². The van der Waals surface area contributed by atoms with Crippen molar-refractivity contribution >= 4 is 11.9 Å². The molecule has 5 heteroatoms. The van der Waals surface area contributed by atoms with Gasteiger partial charge in [-0.15, -0.1) is 0 Å². The lowest BCUT2D eigenvalue weighted by molar-refractivity contribution is -0.142. The summed E-state index contributed by atoms with van der Waals surface area (Å²) in [5.74, 6) is -2.01. The number of carboxylic acids is 1. The number of rotatable bonds is 6. The molecule has 1 atom stereocenters. The first kappa shape index (κ1) is 17.7. The van der Waals surface area contributed by atoms with Gasteiger partial charge in [-0.25, -0.2) is 9.18 Å². The Kier molecular flexibility index (Phi) is 5.34. The molecular weight excluding hydrogens is 309 g/mol. The Labute approximate surface area is 140 Å². The van der Waals surface area contributed by atoms with Gasteiger partial charge < -0.3 is 10.4 Å². The highest BCUT2D eigenvalue weighted by Crippen LogP contribution is 2.24. The topological polar surface area (TPSA) is 66.4 Å². The Hall–Kier alpha value is -2.69. The molecule has 126 valence electrons. The third-order valence-electron chi connectivity index (χ3n) is 4.00. The van der Waals surface area contributed by atoms with Gasteiger partial charge in [-0.05, 0) is 37.1 Å². The Balaban J connectivity index is 2.16. The zero-order valence-corrected chi connectivity index (χ0v) is 13.6. The lowest BCUT2D eigenvalue weighted by Crippen LogP contribution is -2.49. The molecule has 4 nitrogen and oxygen atoms in total. The van der Waals surface area contributed by atoms with Gasteiger partial charge >= 0.3 is 5.97 Å². The van der Waals surface area contributed by atoms with E-state index >= 15 is 0 Å². The van der Waals surface area contributed by atoms with Crippen LogP contribution in [0.3, 0.4) is 0 Å². The van der Waals surface area contributed by atoms with Crippen LogP contribution in [0.1, 0.15) is 25.0 Å². The largest absolute Gasteiger partial charge is 0.480 e. The lowest BCUT2D eigenvalue weighted by Gasteiger charge is -2.26. The molecule has 2 rings (SSSR count). The first-order chi connectivity index (χ1) is 11.3. The number of carboxylic acid groups (broad SMARTS) is 1. The first-order valence-electron chi connectivity index (χ1n) is 7.64. The molecule has 2 N–H and O–H groups in total. The van der Waals surface area contributed by atoms with E-state index in [4.69, 9.17) is 0 Å². The van der Waals surface area contributed by atoms with Gasteiger partial charge in [-0.2, -0.15) is 0 Å². The molecule has 0 radical (unpaired) electrons. The first-order valence-corrected chi connectivity index (χ1v) is 7.64. The van der Waals surface area contributed by atoms with Crippen molar-refractivity contribution in [3.63, 3.8) is 0 Å². The highest BCUT2D eigenvalue weighted by atomic mass is 19.1. The van der Waals surface area contributed by atoms with Crippen molar-refractivity contribution in [1.29, 1.82) is 0 Å². The molecule has 0 saturated carbocycles. The van der Waals surface area contributed by atoms with Gasteiger partial charge in [0.2, 0.25) is 5.91 Å². The summed E-state index contributed by atoms with van der Waals surface area (Å²) in [5, 5.41) is 12.0. The van der Waals surface area contributed by atoms with Crippen LogP contribution < -0.4 is 5.32 Å². The van der Waals surface area contributed by atoms with Crippen LogP contribution in [0, 0.1) is 5.82 Å². The molecule has 0 heterocycles. The van der Waals surface area contributed by atoms with E-state index in [1.807, 2.05) is 18.2 Å². The van der Waals surface area contributed by atoms with E-state index in [2.05, 4.69) is 5.32 Å². The number of amides is 1. The molecule has 1 amide bonds. The van der Waals surface area contributed by atoms with E-state index in [1.54, 1.807) is 32.0 Å². The van der Waals surface area contributed by atoms with Crippen molar-refractivity contribution in [2.75, 3.05) is 0 Å².